The van der Waals surface area contributed by atoms with Gasteiger partial charge in [0, 0.05) is 6.54 Å². The lowest BCUT2D eigenvalue weighted by Gasteiger charge is -2.20. The van der Waals surface area contributed by atoms with Crippen molar-refractivity contribution in [2.45, 2.75) is 32.7 Å². The fourth-order valence-corrected chi connectivity index (χ4v) is 2.03. The van der Waals surface area contributed by atoms with E-state index in [0.717, 1.165) is 6.42 Å². The molecule has 0 spiro atoms. The third-order valence-electron chi connectivity index (χ3n) is 2.79. The normalized spacial score (nSPS) is 19.0. The Bertz CT molecular complexity index is 457. The lowest BCUT2D eigenvalue weighted by molar-refractivity contribution is -0.160. The Morgan fingerprint density at radius 2 is 2.33 bits per heavy atom. The summed E-state index contributed by atoms with van der Waals surface area (Å²) in [6.45, 7) is 4.06. The Morgan fingerprint density at radius 1 is 1.56 bits per heavy atom. The van der Waals surface area contributed by atoms with E-state index < -0.39 is 11.9 Å². The van der Waals surface area contributed by atoms with Crippen LogP contribution in [-0.2, 0) is 14.3 Å². The Hall–Kier alpha value is -1.92. The van der Waals surface area contributed by atoms with Crippen LogP contribution in [0, 0.1) is 6.92 Å². The fourth-order valence-electron chi connectivity index (χ4n) is 2.03. The Morgan fingerprint density at radius 3 is 2.94 bits per heavy atom. The summed E-state index contributed by atoms with van der Waals surface area (Å²) in [6.07, 6.45) is 1.52. The Labute approximate surface area is 104 Å². The van der Waals surface area contributed by atoms with Crippen LogP contribution in [-0.4, -0.2) is 40.1 Å². The van der Waals surface area contributed by atoms with Gasteiger partial charge in [-0.05, 0) is 26.7 Å². The predicted octanol–water partition coefficient (Wildman–Crippen LogP) is 0.605. The summed E-state index contributed by atoms with van der Waals surface area (Å²) < 4.78 is 9.77. The van der Waals surface area contributed by atoms with Crippen molar-refractivity contribution in [1.82, 2.24) is 15.0 Å². The molecule has 7 heteroatoms. The largest absolute Gasteiger partial charge is 0.459 e. The van der Waals surface area contributed by atoms with E-state index in [0.29, 0.717) is 24.7 Å². The first kappa shape index (κ1) is 12.5. The monoisotopic (exact) mass is 253 g/mol. The average molecular weight is 253 g/mol. The molecule has 0 radical (unpaired) electrons. The number of nitrogens with zero attached hydrogens (tertiary/aromatic N) is 3. The first-order valence-electron chi connectivity index (χ1n) is 5.91. The first-order chi connectivity index (χ1) is 8.63. The number of carbonyl (C=O) groups excluding carboxylic acids is 2. The van der Waals surface area contributed by atoms with Crippen LogP contribution in [0.3, 0.4) is 0 Å². The van der Waals surface area contributed by atoms with Gasteiger partial charge in [0.15, 0.2) is 5.82 Å². The van der Waals surface area contributed by atoms with Crippen LogP contribution in [0.2, 0.25) is 0 Å². The van der Waals surface area contributed by atoms with Gasteiger partial charge in [-0.2, -0.15) is 4.98 Å². The number of esters is 1. The Balaban J connectivity index is 2.12. The summed E-state index contributed by atoms with van der Waals surface area (Å²) >= 11 is 0. The van der Waals surface area contributed by atoms with Gasteiger partial charge in [0.2, 0.25) is 5.89 Å². The molecule has 1 amide bonds. The van der Waals surface area contributed by atoms with Crippen molar-refractivity contribution < 1.29 is 18.8 Å². The summed E-state index contributed by atoms with van der Waals surface area (Å²) in [5, 5.41) is 3.70. The molecular formula is C11H15N3O4. The molecular weight excluding hydrogens is 238 g/mol. The van der Waals surface area contributed by atoms with Gasteiger partial charge < -0.3 is 14.2 Å². The topological polar surface area (TPSA) is 85.5 Å². The number of amides is 1. The van der Waals surface area contributed by atoms with Crippen molar-refractivity contribution in [2.24, 2.45) is 0 Å². The lowest BCUT2D eigenvalue weighted by Crippen LogP contribution is -2.37. The van der Waals surface area contributed by atoms with E-state index >= 15 is 0 Å². The zero-order chi connectivity index (χ0) is 13.1. The molecule has 0 saturated carbocycles. The van der Waals surface area contributed by atoms with E-state index in [4.69, 9.17) is 9.26 Å². The van der Waals surface area contributed by atoms with E-state index in [1.807, 2.05) is 0 Å². The molecule has 1 saturated heterocycles. The molecule has 1 unspecified atom stereocenters. The molecule has 98 valence electrons. The van der Waals surface area contributed by atoms with Crippen molar-refractivity contribution >= 4 is 11.9 Å². The highest BCUT2D eigenvalue weighted by Gasteiger charge is 2.37. The summed E-state index contributed by atoms with van der Waals surface area (Å²) in [5.41, 5.74) is 0. The number of rotatable bonds is 2. The van der Waals surface area contributed by atoms with Crippen molar-refractivity contribution in [2.75, 3.05) is 13.2 Å². The standard InChI is InChI=1S/C11H15N3O4/c1-3-17-11(16)10(15)14-6-4-5-8(14)9-12-7(2)13-18-9/h8H,3-6H2,1-2H3. The number of aromatic nitrogens is 2. The molecule has 1 fully saturated rings. The Kier molecular flexibility index (Phi) is 3.59. The highest BCUT2D eigenvalue weighted by Crippen LogP contribution is 2.30. The van der Waals surface area contributed by atoms with Crippen LogP contribution in [0.25, 0.3) is 0 Å². The van der Waals surface area contributed by atoms with Crippen molar-refractivity contribution in [3.63, 3.8) is 0 Å². The molecule has 0 bridgehead atoms. The lowest BCUT2D eigenvalue weighted by atomic mass is 10.2. The molecule has 1 aromatic heterocycles. The maximum Gasteiger partial charge on any atom is 0.397 e. The molecule has 1 aliphatic heterocycles. The van der Waals surface area contributed by atoms with Gasteiger partial charge in [0.25, 0.3) is 0 Å². The molecule has 1 atom stereocenters. The first-order valence-corrected chi connectivity index (χ1v) is 5.91. The SMILES string of the molecule is CCOC(=O)C(=O)N1CCCC1c1nc(C)no1. The van der Waals surface area contributed by atoms with Gasteiger partial charge in [-0.1, -0.05) is 5.16 Å². The molecule has 2 heterocycles. The highest BCUT2D eigenvalue weighted by atomic mass is 16.5. The molecule has 0 aliphatic carbocycles. The number of hydrogen-bond donors (Lipinski definition) is 0. The number of hydrogen-bond acceptors (Lipinski definition) is 6. The van der Waals surface area contributed by atoms with E-state index in [9.17, 15) is 9.59 Å². The summed E-state index contributed by atoms with van der Waals surface area (Å²) in [6, 6.07) is -0.317. The molecule has 1 aromatic rings. The van der Waals surface area contributed by atoms with Gasteiger partial charge in [0.05, 0.1) is 6.61 Å². The van der Waals surface area contributed by atoms with E-state index in [2.05, 4.69) is 10.1 Å². The minimum atomic E-state index is -0.833. The highest BCUT2D eigenvalue weighted by molar-refractivity contribution is 6.32. The summed E-state index contributed by atoms with van der Waals surface area (Å²) in [4.78, 5) is 28.9. The summed E-state index contributed by atoms with van der Waals surface area (Å²) in [7, 11) is 0. The molecule has 2 rings (SSSR count). The van der Waals surface area contributed by atoms with Crippen LogP contribution in [0.4, 0.5) is 0 Å². The third-order valence-corrected chi connectivity index (χ3v) is 2.79. The zero-order valence-corrected chi connectivity index (χ0v) is 10.4. The van der Waals surface area contributed by atoms with E-state index in [1.165, 1.54) is 4.90 Å². The van der Waals surface area contributed by atoms with Crippen LogP contribution in [0.1, 0.15) is 37.5 Å². The van der Waals surface area contributed by atoms with Gasteiger partial charge >= 0.3 is 11.9 Å². The molecule has 18 heavy (non-hydrogen) atoms. The van der Waals surface area contributed by atoms with Crippen molar-refractivity contribution in [3.8, 4) is 0 Å². The van der Waals surface area contributed by atoms with Crippen LogP contribution in [0.15, 0.2) is 4.52 Å². The maximum absolute atomic E-state index is 11.9. The second kappa shape index (κ2) is 5.16. The van der Waals surface area contributed by atoms with Crippen LogP contribution >= 0.6 is 0 Å². The quantitative estimate of drug-likeness (QED) is 0.567. The van der Waals surface area contributed by atoms with Crippen LogP contribution in [0.5, 0.6) is 0 Å². The van der Waals surface area contributed by atoms with Gasteiger partial charge in [-0.25, -0.2) is 4.79 Å². The van der Waals surface area contributed by atoms with E-state index in [-0.39, 0.29) is 12.6 Å². The average Bonchev–Trinajstić information content (AvgIpc) is 2.96. The summed E-state index contributed by atoms with van der Waals surface area (Å²) in [5.74, 6) is -0.584. The second-order valence-electron chi connectivity index (χ2n) is 4.06. The molecule has 0 aromatic carbocycles. The molecule has 7 nitrogen and oxygen atoms in total. The van der Waals surface area contributed by atoms with E-state index in [1.54, 1.807) is 13.8 Å². The number of ether oxygens (including phenoxy) is 1. The number of aryl methyl sites for hydroxylation is 1. The van der Waals surface area contributed by atoms with Crippen molar-refractivity contribution in [3.05, 3.63) is 11.7 Å². The van der Waals surface area contributed by atoms with Gasteiger partial charge in [-0.15, -0.1) is 0 Å². The third kappa shape index (κ3) is 2.34. The minimum Gasteiger partial charge on any atom is -0.459 e. The van der Waals surface area contributed by atoms with Gasteiger partial charge in [-0.3, -0.25) is 4.79 Å². The smallest absolute Gasteiger partial charge is 0.397 e. The minimum absolute atomic E-state index is 0.183. The van der Waals surface area contributed by atoms with Crippen LogP contribution < -0.4 is 0 Å². The second-order valence-corrected chi connectivity index (χ2v) is 4.06. The van der Waals surface area contributed by atoms with Gasteiger partial charge in [0.1, 0.15) is 6.04 Å². The maximum atomic E-state index is 11.9. The fraction of sp³-hybridized carbons (Fsp3) is 0.636. The van der Waals surface area contributed by atoms with Crippen molar-refractivity contribution in [1.29, 1.82) is 0 Å². The number of carbonyl (C=O) groups is 2. The number of likely N-dealkylation sites (tertiary alicyclic amines) is 1. The predicted molar refractivity (Wildman–Crippen MR) is 59.4 cm³/mol. The zero-order valence-electron chi connectivity index (χ0n) is 10.4. The molecule has 1 aliphatic rings. The molecule has 0 N–H and O–H groups in total.